The Bertz CT molecular complexity index is 1410. The van der Waals surface area contributed by atoms with E-state index < -0.39 is 73.8 Å². The Morgan fingerprint density at radius 1 is 0.976 bits per heavy atom. The van der Waals surface area contributed by atoms with Gasteiger partial charge in [-0.3, -0.25) is 4.79 Å². The molecule has 1 saturated carbocycles. The van der Waals surface area contributed by atoms with E-state index >= 15 is 0 Å². The fourth-order valence-electron chi connectivity index (χ4n) is 6.49. The van der Waals surface area contributed by atoms with Gasteiger partial charge in [0.25, 0.3) is 0 Å². The topological polar surface area (TPSA) is 89.3 Å². The fraction of sp³-hybridized carbons (Fsp3) is 0.519. The number of rotatable bonds is 6. The number of fused-ring (bicyclic) bond motifs is 3. The molecule has 0 spiro atoms. The number of hydrogen-bond donors (Lipinski definition) is 2. The van der Waals surface area contributed by atoms with Crippen molar-refractivity contribution in [3.8, 4) is 0 Å². The predicted octanol–water partition coefficient (Wildman–Crippen LogP) is 5.61. The van der Waals surface area contributed by atoms with E-state index in [1.54, 1.807) is 6.92 Å². The van der Waals surface area contributed by atoms with Crippen LogP contribution in [-0.4, -0.2) is 38.8 Å². The molecule has 0 radical (unpaired) electrons. The number of sulfone groups is 1. The molecule has 1 unspecified atom stereocenters. The molecule has 226 valence electrons. The van der Waals surface area contributed by atoms with Gasteiger partial charge in [-0.05, 0) is 86.8 Å². The number of benzene rings is 2. The summed E-state index contributed by atoms with van der Waals surface area (Å²) < 4.78 is 136. The first-order chi connectivity index (χ1) is 18.8. The highest BCUT2D eigenvalue weighted by Gasteiger charge is 2.73. The van der Waals surface area contributed by atoms with Crippen LogP contribution in [0, 0.1) is 17.7 Å². The summed E-state index contributed by atoms with van der Waals surface area (Å²) in [5, 5.41) is 2.75. The van der Waals surface area contributed by atoms with Crippen LogP contribution in [0.1, 0.15) is 49.8 Å². The molecule has 3 N–H and O–H groups in total. The quantitative estimate of drug-likeness (QED) is 0.328. The first-order valence-electron chi connectivity index (χ1n) is 12.8. The van der Waals surface area contributed by atoms with Crippen LogP contribution >= 0.6 is 0 Å². The highest BCUT2D eigenvalue weighted by Crippen LogP contribution is 2.61. The second-order valence-electron chi connectivity index (χ2n) is 10.8. The third-order valence-corrected chi connectivity index (χ3v) is 11.0. The minimum atomic E-state index is -6.33. The van der Waals surface area contributed by atoms with E-state index in [0.717, 1.165) is 30.3 Å². The maximum absolute atomic E-state index is 14.9. The van der Waals surface area contributed by atoms with Crippen molar-refractivity contribution in [1.29, 1.82) is 0 Å². The van der Waals surface area contributed by atoms with Crippen molar-refractivity contribution < 1.29 is 48.3 Å². The molecule has 2 aliphatic carbocycles. The van der Waals surface area contributed by atoms with E-state index in [0.29, 0.717) is 12.1 Å². The fourth-order valence-corrected chi connectivity index (χ4v) is 8.97. The lowest BCUT2D eigenvalue weighted by atomic mass is 9.71. The minimum Gasteiger partial charge on any atom is -0.352 e. The highest BCUT2D eigenvalue weighted by atomic mass is 32.2. The largest absolute Gasteiger partial charge is 0.435 e. The first-order valence-corrected chi connectivity index (χ1v) is 14.3. The van der Waals surface area contributed by atoms with Gasteiger partial charge in [0, 0.05) is 11.6 Å². The van der Waals surface area contributed by atoms with Gasteiger partial charge in [-0.15, -0.1) is 0 Å². The van der Waals surface area contributed by atoms with Crippen LogP contribution in [-0.2, 0) is 31.5 Å². The normalized spacial score (nSPS) is 24.8. The van der Waals surface area contributed by atoms with E-state index in [1.807, 2.05) is 0 Å². The lowest BCUT2D eigenvalue weighted by Crippen LogP contribution is -2.51. The van der Waals surface area contributed by atoms with Gasteiger partial charge in [0.1, 0.15) is 10.6 Å². The van der Waals surface area contributed by atoms with Crippen LogP contribution in [0.15, 0.2) is 47.4 Å². The third kappa shape index (κ3) is 4.80. The SMILES string of the molecule is CC(NC(=O)[C@H](C)N)[C@@H]1CC[C@@]2(S(=O)(=O)c3ccc(F)cc3)c3ccc(C(F)(C(F)(F)F)C(F)(F)F)cc3CC[C@@H]12. The third-order valence-electron chi connectivity index (χ3n) is 8.46. The predicted molar refractivity (Wildman–Crippen MR) is 132 cm³/mol. The second kappa shape index (κ2) is 10.2. The summed E-state index contributed by atoms with van der Waals surface area (Å²) in [5.74, 6) is -2.41. The molecular formula is C27H28F8N2O3S. The maximum atomic E-state index is 14.9. The molecule has 5 atom stereocenters. The first kappa shape index (κ1) is 31.2. The van der Waals surface area contributed by atoms with Crippen molar-refractivity contribution in [3.05, 3.63) is 65.0 Å². The van der Waals surface area contributed by atoms with Gasteiger partial charge in [0.2, 0.25) is 5.91 Å². The van der Waals surface area contributed by atoms with E-state index in [4.69, 9.17) is 5.73 Å². The van der Waals surface area contributed by atoms with Crippen LogP contribution in [0.25, 0.3) is 0 Å². The minimum absolute atomic E-state index is 0.0112. The molecule has 2 aliphatic rings. The molecule has 0 bridgehead atoms. The van der Waals surface area contributed by atoms with E-state index in [2.05, 4.69) is 5.32 Å². The number of amides is 1. The Balaban J connectivity index is 1.91. The Morgan fingerprint density at radius 3 is 2.10 bits per heavy atom. The van der Waals surface area contributed by atoms with Gasteiger partial charge in [-0.2, -0.15) is 26.3 Å². The molecular weight excluding hydrogens is 584 g/mol. The van der Waals surface area contributed by atoms with Gasteiger partial charge in [0.05, 0.1) is 10.9 Å². The summed E-state index contributed by atoms with van der Waals surface area (Å²) >= 11 is 0. The average molecular weight is 613 g/mol. The number of aryl methyl sites for hydroxylation is 1. The Hall–Kier alpha value is -2.74. The number of hydrogen-bond acceptors (Lipinski definition) is 4. The molecule has 0 saturated heterocycles. The van der Waals surface area contributed by atoms with E-state index in [9.17, 15) is 48.3 Å². The Kier molecular flexibility index (Phi) is 7.77. The number of carbonyl (C=O) groups is 1. The van der Waals surface area contributed by atoms with Crippen molar-refractivity contribution >= 4 is 15.7 Å². The lowest BCUT2D eigenvalue weighted by molar-refractivity contribution is -0.348. The van der Waals surface area contributed by atoms with Gasteiger partial charge in [-0.25, -0.2) is 17.2 Å². The van der Waals surface area contributed by atoms with Crippen molar-refractivity contribution in [2.24, 2.45) is 17.6 Å². The second-order valence-corrected chi connectivity index (χ2v) is 13.0. The van der Waals surface area contributed by atoms with E-state index in [1.165, 1.54) is 6.92 Å². The molecule has 0 aromatic heterocycles. The van der Waals surface area contributed by atoms with Crippen molar-refractivity contribution in [3.63, 3.8) is 0 Å². The maximum Gasteiger partial charge on any atom is 0.435 e. The summed E-state index contributed by atoms with van der Waals surface area (Å²) in [5.41, 5.74) is -1.93. The molecule has 2 aromatic rings. The van der Waals surface area contributed by atoms with Gasteiger partial charge < -0.3 is 11.1 Å². The van der Waals surface area contributed by atoms with Crippen LogP contribution in [0.3, 0.4) is 0 Å². The zero-order valence-corrected chi connectivity index (χ0v) is 22.7. The van der Waals surface area contributed by atoms with E-state index in [-0.39, 0.29) is 41.7 Å². The van der Waals surface area contributed by atoms with Crippen LogP contribution in [0.4, 0.5) is 35.1 Å². The molecule has 14 heteroatoms. The Morgan fingerprint density at radius 2 is 1.56 bits per heavy atom. The van der Waals surface area contributed by atoms with Gasteiger partial charge >= 0.3 is 18.0 Å². The highest BCUT2D eigenvalue weighted by molar-refractivity contribution is 7.92. The average Bonchev–Trinajstić information content (AvgIpc) is 3.28. The molecule has 4 rings (SSSR count). The van der Waals surface area contributed by atoms with Crippen molar-refractivity contribution in [2.45, 2.75) is 79.3 Å². The van der Waals surface area contributed by atoms with Gasteiger partial charge in [-0.1, -0.05) is 18.2 Å². The molecule has 0 aliphatic heterocycles. The zero-order chi connectivity index (χ0) is 30.8. The standard InChI is InChI=1S/C27H28F8N2O3S/c1-14(36)23(38)37-15(2)20-11-12-24(41(39,40)19-7-5-18(28)6-8-19)21-10-4-17(13-16(21)3-9-22(20)24)25(29,26(30,31)32)27(33,34)35/h4-8,10,13-15,20,22H,3,9,11-12,36H2,1-2H3,(H,37,38)/t14-,15?,20-,22-,24+/m0/s1. The van der Waals surface area contributed by atoms with Crippen LogP contribution in [0.5, 0.6) is 0 Å². The molecule has 5 nitrogen and oxygen atoms in total. The number of nitrogens with one attached hydrogen (secondary N) is 1. The summed E-state index contributed by atoms with van der Waals surface area (Å²) in [6, 6.07) is 4.08. The monoisotopic (exact) mass is 612 g/mol. The molecule has 1 amide bonds. The number of nitrogens with two attached hydrogens (primary N) is 1. The van der Waals surface area contributed by atoms with Gasteiger partial charge in [0.15, 0.2) is 9.84 Å². The van der Waals surface area contributed by atoms with Crippen molar-refractivity contribution in [1.82, 2.24) is 5.32 Å². The molecule has 2 aromatic carbocycles. The molecule has 1 fully saturated rings. The summed E-state index contributed by atoms with van der Waals surface area (Å²) in [7, 11) is -4.45. The summed E-state index contributed by atoms with van der Waals surface area (Å²) in [6.07, 6.45) is -12.7. The van der Waals surface area contributed by atoms with Crippen molar-refractivity contribution in [2.75, 3.05) is 0 Å². The van der Waals surface area contributed by atoms with Crippen LogP contribution < -0.4 is 11.1 Å². The number of carbonyl (C=O) groups excluding carboxylic acids is 1. The Labute approximate surface area is 231 Å². The lowest BCUT2D eigenvalue weighted by Gasteiger charge is -2.44. The van der Waals surface area contributed by atoms with Crippen LogP contribution in [0.2, 0.25) is 0 Å². The number of alkyl halides is 7. The zero-order valence-electron chi connectivity index (χ0n) is 21.9. The molecule has 41 heavy (non-hydrogen) atoms. The summed E-state index contributed by atoms with van der Waals surface area (Å²) in [4.78, 5) is 12.0. The number of halogens is 8. The smallest absolute Gasteiger partial charge is 0.352 e. The summed E-state index contributed by atoms with van der Waals surface area (Å²) in [6.45, 7) is 3.12. The molecule has 0 heterocycles.